The van der Waals surface area contributed by atoms with E-state index in [1.54, 1.807) is 37.6 Å². The highest BCUT2D eigenvalue weighted by Gasteiger charge is 2.09. The summed E-state index contributed by atoms with van der Waals surface area (Å²) in [6.45, 7) is 6.34. The van der Waals surface area contributed by atoms with Gasteiger partial charge in [0.2, 0.25) is 5.95 Å². The Morgan fingerprint density at radius 2 is 1.90 bits per heavy atom. The normalized spacial score (nSPS) is 11.0. The molecule has 0 unspecified atom stereocenters. The van der Waals surface area contributed by atoms with Crippen molar-refractivity contribution in [2.45, 2.75) is 26.9 Å². The lowest BCUT2D eigenvalue weighted by Gasteiger charge is -2.14. The minimum atomic E-state index is -0.383. The topological polar surface area (TPSA) is 111 Å². The monoisotopic (exact) mass is 423 g/mol. The van der Waals surface area contributed by atoms with E-state index in [0.29, 0.717) is 29.4 Å². The van der Waals surface area contributed by atoms with Gasteiger partial charge in [0, 0.05) is 5.56 Å². The smallest absolute Gasteiger partial charge is 0.279 e. The van der Waals surface area contributed by atoms with Crippen LogP contribution >= 0.6 is 0 Å². The molecular weight excluding hydrogens is 398 g/mol. The maximum absolute atomic E-state index is 12.4. The minimum absolute atomic E-state index is 0.0386. The van der Waals surface area contributed by atoms with E-state index in [4.69, 9.17) is 14.2 Å². The number of hydrogen-bond acceptors (Lipinski definition) is 8. The zero-order valence-corrected chi connectivity index (χ0v) is 17.9. The number of hydrazone groups is 1. The van der Waals surface area contributed by atoms with Gasteiger partial charge in [0.15, 0.2) is 17.2 Å². The first-order chi connectivity index (χ1) is 15.0. The van der Waals surface area contributed by atoms with Crippen LogP contribution in [0.25, 0.3) is 11.3 Å². The van der Waals surface area contributed by atoms with Crippen LogP contribution in [0.15, 0.2) is 52.4 Å². The van der Waals surface area contributed by atoms with Crippen LogP contribution in [0.3, 0.4) is 0 Å². The number of aromatic nitrogens is 3. The summed E-state index contributed by atoms with van der Waals surface area (Å²) in [6, 6.07) is 12.5. The molecule has 0 aliphatic carbocycles. The number of anilines is 1. The fourth-order valence-electron chi connectivity index (χ4n) is 2.72. The fourth-order valence-corrected chi connectivity index (χ4v) is 2.72. The number of methoxy groups -OCH3 is 1. The number of benzene rings is 2. The number of nitrogens with one attached hydrogen (secondary N) is 2. The SMILES string of the molecule is CCOc1cc(/C=N/Nc2nnc(-c3ccc(OC)cc3)c(=O)[nH]2)ccc1OC(C)C. The second-order valence-electron chi connectivity index (χ2n) is 6.76. The maximum Gasteiger partial charge on any atom is 0.279 e. The fraction of sp³-hybridized carbons (Fsp3) is 0.273. The lowest BCUT2D eigenvalue weighted by molar-refractivity contribution is 0.224. The molecule has 0 aliphatic rings. The molecule has 0 aliphatic heterocycles. The zero-order chi connectivity index (χ0) is 22.2. The molecule has 3 rings (SSSR count). The second kappa shape index (κ2) is 10.2. The van der Waals surface area contributed by atoms with E-state index in [-0.39, 0.29) is 23.3 Å². The standard InChI is InChI=1S/C22H25N5O4/c1-5-30-19-12-15(6-11-18(19)31-14(2)3)13-23-26-22-24-21(28)20(25-27-22)16-7-9-17(29-4)10-8-16/h6-14H,5H2,1-4H3,(H2,24,26,27,28)/b23-13+. The molecule has 9 heteroatoms. The highest BCUT2D eigenvalue weighted by Crippen LogP contribution is 2.29. The van der Waals surface area contributed by atoms with Crippen LogP contribution in [0.1, 0.15) is 26.3 Å². The van der Waals surface area contributed by atoms with Gasteiger partial charge in [-0.2, -0.15) is 5.10 Å². The molecule has 2 N–H and O–H groups in total. The molecule has 0 atom stereocenters. The van der Waals surface area contributed by atoms with Crippen molar-refractivity contribution in [3.63, 3.8) is 0 Å². The number of rotatable bonds is 9. The van der Waals surface area contributed by atoms with Gasteiger partial charge in [0.25, 0.3) is 5.56 Å². The minimum Gasteiger partial charge on any atom is -0.497 e. The van der Waals surface area contributed by atoms with Gasteiger partial charge in [-0.15, -0.1) is 10.2 Å². The Kier molecular flexibility index (Phi) is 7.21. The summed E-state index contributed by atoms with van der Waals surface area (Å²) in [5.41, 5.74) is 3.93. The Morgan fingerprint density at radius 1 is 1.13 bits per heavy atom. The summed E-state index contributed by atoms with van der Waals surface area (Å²) < 4.78 is 16.5. The van der Waals surface area contributed by atoms with Crippen molar-refractivity contribution in [3.8, 4) is 28.5 Å². The number of nitrogens with zero attached hydrogens (tertiary/aromatic N) is 3. The molecule has 0 radical (unpaired) electrons. The van der Waals surface area contributed by atoms with Crippen molar-refractivity contribution in [1.82, 2.24) is 15.2 Å². The molecule has 9 nitrogen and oxygen atoms in total. The van der Waals surface area contributed by atoms with Crippen LogP contribution in [-0.4, -0.2) is 41.2 Å². The summed E-state index contributed by atoms with van der Waals surface area (Å²) in [4.78, 5) is 15.0. The second-order valence-corrected chi connectivity index (χ2v) is 6.76. The van der Waals surface area contributed by atoms with Gasteiger partial charge in [-0.05, 0) is 68.8 Å². The van der Waals surface area contributed by atoms with Gasteiger partial charge in [-0.3, -0.25) is 9.78 Å². The van der Waals surface area contributed by atoms with E-state index >= 15 is 0 Å². The Balaban J connectivity index is 1.71. The van der Waals surface area contributed by atoms with Crippen molar-refractivity contribution >= 4 is 12.2 Å². The van der Waals surface area contributed by atoms with E-state index < -0.39 is 0 Å². The van der Waals surface area contributed by atoms with Gasteiger partial charge < -0.3 is 14.2 Å². The molecule has 1 aromatic heterocycles. The molecule has 0 spiro atoms. The Hall–Kier alpha value is -3.88. The third-order valence-corrected chi connectivity index (χ3v) is 4.07. The first-order valence-electron chi connectivity index (χ1n) is 9.84. The van der Waals surface area contributed by atoms with Gasteiger partial charge in [0.05, 0.1) is 26.0 Å². The molecule has 0 amide bonds. The lowest BCUT2D eigenvalue weighted by Crippen LogP contribution is -2.15. The predicted octanol–water partition coefficient (Wildman–Crippen LogP) is 3.47. The Labute approximate surface area is 180 Å². The number of ether oxygens (including phenoxy) is 3. The summed E-state index contributed by atoms with van der Waals surface area (Å²) in [5, 5.41) is 12.1. The molecule has 1 heterocycles. The Bertz CT molecular complexity index is 1090. The first-order valence-corrected chi connectivity index (χ1v) is 9.84. The van der Waals surface area contributed by atoms with Crippen molar-refractivity contribution in [1.29, 1.82) is 0 Å². The van der Waals surface area contributed by atoms with Gasteiger partial charge in [-0.1, -0.05) is 0 Å². The van der Waals surface area contributed by atoms with E-state index in [1.165, 1.54) is 0 Å². The first kappa shape index (κ1) is 21.8. The van der Waals surface area contributed by atoms with Crippen molar-refractivity contribution < 1.29 is 14.2 Å². The van der Waals surface area contributed by atoms with Crippen molar-refractivity contribution in [3.05, 3.63) is 58.4 Å². The molecule has 0 fully saturated rings. The molecule has 162 valence electrons. The van der Waals surface area contributed by atoms with Crippen LogP contribution in [0, 0.1) is 0 Å². The van der Waals surface area contributed by atoms with E-state index in [9.17, 15) is 4.79 Å². The van der Waals surface area contributed by atoms with Crippen LogP contribution in [0.2, 0.25) is 0 Å². The largest absolute Gasteiger partial charge is 0.497 e. The quantitative estimate of drug-likeness (QED) is 0.400. The molecular formula is C22H25N5O4. The molecule has 0 saturated heterocycles. The van der Waals surface area contributed by atoms with Crippen LogP contribution in [0.4, 0.5) is 5.95 Å². The van der Waals surface area contributed by atoms with Crippen LogP contribution in [0.5, 0.6) is 17.2 Å². The van der Waals surface area contributed by atoms with Crippen LogP contribution in [-0.2, 0) is 0 Å². The van der Waals surface area contributed by atoms with Crippen molar-refractivity contribution in [2.75, 3.05) is 19.1 Å². The predicted molar refractivity (Wildman–Crippen MR) is 119 cm³/mol. The molecule has 3 aromatic rings. The van der Waals surface area contributed by atoms with E-state index in [2.05, 4.69) is 25.7 Å². The summed E-state index contributed by atoms with van der Waals surface area (Å²) in [6.07, 6.45) is 1.62. The third kappa shape index (κ3) is 5.81. The summed E-state index contributed by atoms with van der Waals surface area (Å²) >= 11 is 0. The van der Waals surface area contributed by atoms with Gasteiger partial charge in [-0.25, -0.2) is 5.43 Å². The van der Waals surface area contributed by atoms with Gasteiger partial charge >= 0.3 is 0 Å². The number of aromatic amines is 1. The van der Waals surface area contributed by atoms with Crippen LogP contribution < -0.4 is 25.2 Å². The van der Waals surface area contributed by atoms with E-state index in [0.717, 1.165) is 5.56 Å². The average Bonchev–Trinajstić information content (AvgIpc) is 2.76. The third-order valence-electron chi connectivity index (χ3n) is 4.07. The number of hydrogen-bond donors (Lipinski definition) is 2. The summed E-state index contributed by atoms with van der Waals surface area (Å²) in [7, 11) is 1.58. The Morgan fingerprint density at radius 3 is 2.55 bits per heavy atom. The van der Waals surface area contributed by atoms with Crippen molar-refractivity contribution in [2.24, 2.45) is 5.10 Å². The lowest BCUT2D eigenvalue weighted by atomic mass is 10.1. The van der Waals surface area contributed by atoms with E-state index in [1.807, 2.05) is 39.0 Å². The molecule has 31 heavy (non-hydrogen) atoms. The average molecular weight is 423 g/mol. The number of H-pyrrole nitrogens is 1. The highest BCUT2D eigenvalue weighted by molar-refractivity contribution is 5.81. The maximum atomic E-state index is 12.4. The van der Waals surface area contributed by atoms with Gasteiger partial charge in [0.1, 0.15) is 5.75 Å². The zero-order valence-electron chi connectivity index (χ0n) is 17.9. The highest BCUT2D eigenvalue weighted by atomic mass is 16.5. The molecule has 0 saturated carbocycles. The molecule has 0 bridgehead atoms. The molecule has 2 aromatic carbocycles. The summed E-state index contributed by atoms with van der Waals surface area (Å²) in [5.74, 6) is 2.13.